The number of anilines is 2. The van der Waals surface area contributed by atoms with Crippen LogP contribution in [0.25, 0.3) is 0 Å². The second kappa shape index (κ2) is 7.29. The number of rotatable bonds is 4. The SMILES string of the molecule is COc1ccc(Cl)cc1NC(=O)C1CC(=O)N(c2c(F)cccc2F)C1. The van der Waals surface area contributed by atoms with Gasteiger partial charge in [0.15, 0.2) is 0 Å². The van der Waals surface area contributed by atoms with E-state index < -0.39 is 35.1 Å². The van der Waals surface area contributed by atoms with E-state index in [1.54, 1.807) is 12.1 Å². The van der Waals surface area contributed by atoms with Gasteiger partial charge in [0, 0.05) is 18.0 Å². The average molecular weight is 381 g/mol. The fraction of sp³-hybridized carbons (Fsp3) is 0.222. The maximum atomic E-state index is 13.9. The molecule has 1 heterocycles. The highest BCUT2D eigenvalue weighted by atomic mass is 35.5. The van der Waals surface area contributed by atoms with Gasteiger partial charge in [-0.1, -0.05) is 17.7 Å². The molecule has 2 amide bonds. The second-order valence-corrected chi connectivity index (χ2v) is 6.25. The molecule has 2 aromatic rings. The molecule has 1 aliphatic heterocycles. The van der Waals surface area contributed by atoms with Crippen molar-refractivity contribution in [2.75, 3.05) is 23.9 Å². The molecule has 0 radical (unpaired) electrons. The maximum absolute atomic E-state index is 13.9. The van der Waals surface area contributed by atoms with E-state index in [0.717, 1.165) is 17.0 Å². The molecule has 3 rings (SSSR count). The minimum atomic E-state index is -0.851. The van der Waals surface area contributed by atoms with Gasteiger partial charge < -0.3 is 15.0 Å². The fourth-order valence-electron chi connectivity index (χ4n) is 2.86. The number of halogens is 3. The third-order valence-electron chi connectivity index (χ3n) is 4.12. The molecule has 5 nitrogen and oxygen atoms in total. The largest absolute Gasteiger partial charge is 0.495 e. The van der Waals surface area contributed by atoms with Gasteiger partial charge in [-0.25, -0.2) is 8.78 Å². The summed E-state index contributed by atoms with van der Waals surface area (Å²) in [6, 6.07) is 8.07. The molecule has 8 heteroatoms. The predicted octanol–water partition coefficient (Wildman–Crippen LogP) is 3.62. The van der Waals surface area contributed by atoms with Gasteiger partial charge in [-0.05, 0) is 30.3 Å². The summed E-state index contributed by atoms with van der Waals surface area (Å²) in [4.78, 5) is 25.7. The van der Waals surface area contributed by atoms with Crippen LogP contribution < -0.4 is 15.0 Å². The number of nitrogens with one attached hydrogen (secondary N) is 1. The molecule has 0 bridgehead atoms. The summed E-state index contributed by atoms with van der Waals surface area (Å²) in [5, 5.41) is 3.05. The van der Waals surface area contributed by atoms with E-state index in [4.69, 9.17) is 16.3 Å². The van der Waals surface area contributed by atoms with Crippen LogP contribution in [0.3, 0.4) is 0 Å². The molecule has 0 aliphatic carbocycles. The van der Waals surface area contributed by atoms with Crippen molar-refractivity contribution in [3.05, 3.63) is 53.1 Å². The molecule has 1 atom stereocenters. The number of para-hydroxylation sites is 1. The van der Waals surface area contributed by atoms with Gasteiger partial charge in [0.05, 0.1) is 18.7 Å². The first-order chi connectivity index (χ1) is 12.4. The lowest BCUT2D eigenvalue weighted by Crippen LogP contribution is -2.29. The summed E-state index contributed by atoms with van der Waals surface area (Å²) in [5.74, 6) is -3.04. The van der Waals surface area contributed by atoms with Gasteiger partial charge in [-0.15, -0.1) is 0 Å². The zero-order valence-electron chi connectivity index (χ0n) is 13.8. The molecule has 1 saturated heterocycles. The minimum absolute atomic E-state index is 0.120. The minimum Gasteiger partial charge on any atom is -0.495 e. The average Bonchev–Trinajstić information content (AvgIpc) is 2.97. The topological polar surface area (TPSA) is 58.6 Å². The zero-order valence-corrected chi connectivity index (χ0v) is 14.5. The first-order valence-electron chi connectivity index (χ1n) is 7.79. The van der Waals surface area contributed by atoms with Gasteiger partial charge in [0.1, 0.15) is 23.1 Å². The van der Waals surface area contributed by atoms with Crippen molar-refractivity contribution in [3.63, 3.8) is 0 Å². The lowest BCUT2D eigenvalue weighted by molar-refractivity contribution is -0.122. The molecule has 0 spiro atoms. The van der Waals surface area contributed by atoms with Crippen LogP contribution in [0.4, 0.5) is 20.2 Å². The second-order valence-electron chi connectivity index (χ2n) is 5.81. The zero-order chi connectivity index (χ0) is 18.8. The quantitative estimate of drug-likeness (QED) is 0.881. The lowest BCUT2D eigenvalue weighted by atomic mass is 10.1. The Morgan fingerprint density at radius 3 is 2.62 bits per heavy atom. The van der Waals surface area contributed by atoms with E-state index in [9.17, 15) is 18.4 Å². The van der Waals surface area contributed by atoms with Crippen LogP contribution in [0.1, 0.15) is 6.42 Å². The van der Waals surface area contributed by atoms with E-state index in [1.165, 1.54) is 19.2 Å². The van der Waals surface area contributed by atoms with Crippen LogP contribution in [0, 0.1) is 17.6 Å². The van der Waals surface area contributed by atoms with Gasteiger partial charge >= 0.3 is 0 Å². The third-order valence-corrected chi connectivity index (χ3v) is 4.36. The molecule has 1 N–H and O–H groups in total. The Balaban J connectivity index is 1.79. The normalized spacial score (nSPS) is 16.7. The molecule has 0 aromatic heterocycles. The molecule has 1 unspecified atom stereocenters. The van der Waals surface area contributed by atoms with Crippen molar-refractivity contribution < 1.29 is 23.1 Å². The van der Waals surface area contributed by atoms with Crippen molar-refractivity contribution in [2.24, 2.45) is 5.92 Å². The third kappa shape index (κ3) is 3.48. The van der Waals surface area contributed by atoms with Crippen molar-refractivity contribution in [1.29, 1.82) is 0 Å². The molecular weight excluding hydrogens is 366 g/mol. The highest BCUT2D eigenvalue weighted by molar-refractivity contribution is 6.31. The van der Waals surface area contributed by atoms with E-state index in [0.29, 0.717) is 16.5 Å². The van der Waals surface area contributed by atoms with Crippen molar-refractivity contribution >= 4 is 34.8 Å². The molecule has 136 valence electrons. The van der Waals surface area contributed by atoms with Crippen molar-refractivity contribution in [3.8, 4) is 5.75 Å². The monoisotopic (exact) mass is 380 g/mol. The van der Waals surface area contributed by atoms with Crippen molar-refractivity contribution in [1.82, 2.24) is 0 Å². The van der Waals surface area contributed by atoms with Crippen LogP contribution in [0.5, 0.6) is 5.75 Å². The molecular formula is C18H15ClF2N2O3. The summed E-state index contributed by atoms with van der Waals surface area (Å²) in [5.41, 5.74) is -0.0823. The Bertz CT molecular complexity index is 855. The Kier molecular flexibility index (Phi) is 5.08. The number of carbonyl (C=O) groups is 2. The number of benzene rings is 2. The van der Waals surface area contributed by atoms with Crippen LogP contribution >= 0.6 is 11.6 Å². The van der Waals surface area contributed by atoms with E-state index in [2.05, 4.69) is 5.32 Å². The molecule has 26 heavy (non-hydrogen) atoms. The van der Waals surface area contributed by atoms with Gasteiger partial charge in [0.2, 0.25) is 11.8 Å². The highest BCUT2D eigenvalue weighted by Crippen LogP contribution is 2.32. The fourth-order valence-corrected chi connectivity index (χ4v) is 3.03. The molecule has 1 aliphatic rings. The van der Waals surface area contributed by atoms with Gasteiger partial charge in [-0.3, -0.25) is 9.59 Å². The number of methoxy groups -OCH3 is 1. The van der Waals surface area contributed by atoms with Crippen LogP contribution in [-0.2, 0) is 9.59 Å². The van der Waals surface area contributed by atoms with Crippen LogP contribution in [0.2, 0.25) is 5.02 Å². The number of carbonyl (C=O) groups excluding carboxylic acids is 2. The predicted molar refractivity (Wildman–Crippen MR) is 93.5 cm³/mol. The van der Waals surface area contributed by atoms with Gasteiger partial charge in [-0.2, -0.15) is 0 Å². The lowest BCUT2D eigenvalue weighted by Gasteiger charge is -2.18. The maximum Gasteiger partial charge on any atom is 0.229 e. The first kappa shape index (κ1) is 18.1. The highest BCUT2D eigenvalue weighted by Gasteiger charge is 2.37. The first-order valence-corrected chi connectivity index (χ1v) is 8.17. The Hall–Kier alpha value is -2.67. The summed E-state index contributed by atoms with van der Waals surface area (Å²) in [6.45, 7) is -0.120. The number of ether oxygens (including phenoxy) is 1. The smallest absolute Gasteiger partial charge is 0.229 e. The Labute approximate surface area is 153 Å². The number of nitrogens with zero attached hydrogens (tertiary/aromatic N) is 1. The molecule has 2 aromatic carbocycles. The summed E-state index contributed by atoms with van der Waals surface area (Å²) < 4.78 is 33.0. The summed E-state index contributed by atoms with van der Waals surface area (Å²) in [7, 11) is 1.45. The van der Waals surface area contributed by atoms with Crippen molar-refractivity contribution in [2.45, 2.75) is 6.42 Å². The van der Waals surface area contributed by atoms with E-state index in [-0.39, 0.29) is 13.0 Å². The van der Waals surface area contributed by atoms with Gasteiger partial charge in [0.25, 0.3) is 0 Å². The van der Waals surface area contributed by atoms with E-state index >= 15 is 0 Å². The molecule has 1 fully saturated rings. The van der Waals surface area contributed by atoms with Crippen LogP contribution in [-0.4, -0.2) is 25.5 Å². The Morgan fingerprint density at radius 2 is 1.96 bits per heavy atom. The standard InChI is InChI=1S/C18H15ClF2N2O3/c1-26-15-6-5-11(19)8-14(15)22-18(25)10-7-16(24)23(9-10)17-12(20)3-2-4-13(17)21/h2-6,8,10H,7,9H2,1H3,(H,22,25). The summed E-state index contributed by atoms with van der Waals surface area (Å²) in [6.07, 6.45) is -0.150. The van der Waals surface area contributed by atoms with E-state index in [1.807, 2.05) is 0 Å². The number of hydrogen-bond acceptors (Lipinski definition) is 3. The van der Waals surface area contributed by atoms with Crippen LogP contribution in [0.15, 0.2) is 36.4 Å². The number of amides is 2. The summed E-state index contributed by atoms with van der Waals surface area (Å²) >= 11 is 5.93. The Morgan fingerprint density at radius 1 is 1.27 bits per heavy atom. The molecule has 0 saturated carbocycles. The number of hydrogen-bond donors (Lipinski definition) is 1.